The zero-order chi connectivity index (χ0) is 16.7. The van der Waals surface area contributed by atoms with Gasteiger partial charge in [-0.25, -0.2) is 0 Å². The number of nitrogens with zero attached hydrogens (tertiary/aromatic N) is 1. The SMILES string of the molecule is COc1c(C)cc(C(=O)N2C[C@H]3C[C@H](O)[C@@H](O)C[C@H]3C2)cc1C. The van der Waals surface area contributed by atoms with Crippen molar-refractivity contribution in [1.29, 1.82) is 0 Å². The van der Waals surface area contributed by atoms with Crippen molar-refractivity contribution in [1.82, 2.24) is 4.90 Å². The van der Waals surface area contributed by atoms with Gasteiger partial charge in [-0.05, 0) is 61.8 Å². The first-order valence-corrected chi connectivity index (χ1v) is 8.21. The van der Waals surface area contributed by atoms with E-state index in [-0.39, 0.29) is 17.7 Å². The quantitative estimate of drug-likeness (QED) is 0.867. The lowest BCUT2D eigenvalue weighted by Crippen LogP contribution is -2.38. The second-order valence-electron chi connectivity index (χ2n) is 6.98. The van der Waals surface area contributed by atoms with Gasteiger partial charge >= 0.3 is 0 Å². The summed E-state index contributed by atoms with van der Waals surface area (Å²) in [5.41, 5.74) is 2.59. The van der Waals surface area contributed by atoms with Crippen LogP contribution in [0.4, 0.5) is 0 Å². The molecule has 1 saturated heterocycles. The highest BCUT2D eigenvalue weighted by Gasteiger charge is 2.42. The molecule has 2 aliphatic rings. The Morgan fingerprint density at radius 1 is 1.09 bits per heavy atom. The van der Waals surface area contributed by atoms with Crippen molar-refractivity contribution in [3.05, 3.63) is 28.8 Å². The van der Waals surface area contributed by atoms with E-state index in [0.717, 1.165) is 16.9 Å². The normalized spacial score (nSPS) is 30.2. The summed E-state index contributed by atoms with van der Waals surface area (Å²) in [5.74, 6) is 1.43. The predicted octanol–water partition coefficient (Wildman–Crippen LogP) is 1.52. The van der Waals surface area contributed by atoms with E-state index in [2.05, 4.69) is 0 Å². The molecule has 0 unspecified atom stereocenters. The van der Waals surface area contributed by atoms with Crippen LogP contribution in [0.5, 0.6) is 5.75 Å². The van der Waals surface area contributed by atoms with Gasteiger partial charge in [-0.1, -0.05) is 0 Å². The summed E-state index contributed by atoms with van der Waals surface area (Å²) in [7, 11) is 1.64. The number of carbonyl (C=O) groups is 1. The Kier molecular flexibility index (Phi) is 4.34. The molecule has 4 atom stereocenters. The highest BCUT2D eigenvalue weighted by molar-refractivity contribution is 5.95. The number of amides is 1. The smallest absolute Gasteiger partial charge is 0.253 e. The maximum atomic E-state index is 12.8. The first-order valence-electron chi connectivity index (χ1n) is 8.21. The fourth-order valence-corrected chi connectivity index (χ4v) is 4.15. The summed E-state index contributed by atoms with van der Waals surface area (Å²) in [4.78, 5) is 14.7. The summed E-state index contributed by atoms with van der Waals surface area (Å²) in [6.07, 6.45) is -0.152. The highest BCUT2D eigenvalue weighted by atomic mass is 16.5. The molecule has 1 aromatic carbocycles. The minimum atomic E-state index is -0.656. The molecule has 0 radical (unpaired) electrons. The number of aliphatic hydroxyl groups is 2. The van der Waals surface area contributed by atoms with Crippen LogP contribution in [-0.2, 0) is 0 Å². The predicted molar refractivity (Wildman–Crippen MR) is 86.6 cm³/mol. The molecule has 5 nitrogen and oxygen atoms in total. The Labute approximate surface area is 136 Å². The second kappa shape index (κ2) is 6.13. The Bertz CT molecular complexity index is 574. The molecule has 1 amide bonds. The van der Waals surface area contributed by atoms with Gasteiger partial charge in [0.25, 0.3) is 5.91 Å². The Morgan fingerprint density at radius 3 is 2.00 bits per heavy atom. The Balaban J connectivity index is 1.77. The van der Waals surface area contributed by atoms with Crippen molar-refractivity contribution in [2.75, 3.05) is 20.2 Å². The number of aryl methyl sites for hydroxylation is 2. The molecule has 1 saturated carbocycles. The van der Waals surface area contributed by atoms with Crippen LogP contribution in [0, 0.1) is 25.7 Å². The molecule has 5 heteroatoms. The molecule has 2 N–H and O–H groups in total. The summed E-state index contributed by atoms with van der Waals surface area (Å²) in [6.45, 7) is 5.22. The fraction of sp³-hybridized carbons (Fsp3) is 0.611. The van der Waals surface area contributed by atoms with Crippen molar-refractivity contribution in [3.8, 4) is 5.75 Å². The third-order valence-corrected chi connectivity index (χ3v) is 5.31. The number of fused-ring (bicyclic) bond motifs is 1. The van der Waals surface area contributed by atoms with Crippen molar-refractivity contribution >= 4 is 5.91 Å². The average Bonchev–Trinajstić information content (AvgIpc) is 2.89. The first kappa shape index (κ1) is 16.3. The van der Waals surface area contributed by atoms with Crippen LogP contribution in [0.1, 0.15) is 34.3 Å². The summed E-state index contributed by atoms with van der Waals surface area (Å²) < 4.78 is 5.36. The molecule has 0 aromatic heterocycles. The van der Waals surface area contributed by atoms with E-state index < -0.39 is 12.2 Å². The number of carbonyl (C=O) groups excluding carboxylic acids is 1. The standard InChI is InChI=1S/C18H25NO4/c1-10-4-12(5-11(2)17(10)23-3)18(22)19-8-13-6-15(20)16(21)7-14(13)9-19/h4-5,13-16,20-21H,6-9H2,1-3H3/t13-,14+,15-,16-/m0/s1. The largest absolute Gasteiger partial charge is 0.496 e. The van der Waals surface area contributed by atoms with Gasteiger partial charge in [-0.2, -0.15) is 0 Å². The monoisotopic (exact) mass is 319 g/mol. The number of benzene rings is 1. The molecule has 126 valence electrons. The lowest BCUT2D eigenvalue weighted by molar-refractivity contribution is -0.0372. The number of ether oxygens (including phenoxy) is 1. The van der Waals surface area contributed by atoms with E-state index >= 15 is 0 Å². The van der Waals surface area contributed by atoms with Gasteiger partial charge in [0, 0.05) is 18.7 Å². The molecule has 0 spiro atoms. The van der Waals surface area contributed by atoms with E-state index in [1.54, 1.807) is 7.11 Å². The van der Waals surface area contributed by atoms with Crippen molar-refractivity contribution < 1.29 is 19.7 Å². The molecule has 1 aliphatic heterocycles. The van der Waals surface area contributed by atoms with Gasteiger partial charge in [-0.15, -0.1) is 0 Å². The van der Waals surface area contributed by atoms with Gasteiger partial charge < -0.3 is 19.8 Å². The zero-order valence-electron chi connectivity index (χ0n) is 14.0. The molecular weight excluding hydrogens is 294 g/mol. The zero-order valence-corrected chi connectivity index (χ0v) is 14.0. The average molecular weight is 319 g/mol. The number of methoxy groups -OCH3 is 1. The third-order valence-electron chi connectivity index (χ3n) is 5.31. The van der Waals surface area contributed by atoms with E-state index in [0.29, 0.717) is 31.5 Å². The molecule has 0 bridgehead atoms. The number of likely N-dealkylation sites (tertiary alicyclic amines) is 1. The van der Waals surface area contributed by atoms with Gasteiger partial charge in [0.15, 0.2) is 0 Å². The molecule has 3 rings (SSSR count). The second-order valence-corrected chi connectivity index (χ2v) is 6.98. The maximum absolute atomic E-state index is 12.8. The summed E-state index contributed by atoms with van der Waals surface area (Å²) in [6, 6.07) is 3.75. The van der Waals surface area contributed by atoms with E-state index in [1.165, 1.54) is 0 Å². The highest BCUT2D eigenvalue weighted by Crippen LogP contribution is 2.37. The van der Waals surface area contributed by atoms with Crippen molar-refractivity contribution in [3.63, 3.8) is 0 Å². The van der Waals surface area contributed by atoms with Crippen LogP contribution in [-0.4, -0.2) is 53.4 Å². The Morgan fingerprint density at radius 2 is 1.57 bits per heavy atom. The molecule has 2 fully saturated rings. The van der Waals surface area contributed by atoms with E-state index in [9.17, 15) is 15.0 Å². The van der Waals surface area contributed by atoms with Crippen LogP contribution in [0.2, 0.25) is 0 Å². The summed E-state index contributed by atoms with van der Waals surface area (Å²) >= 11 is 0. The number of hydrogen-bond acceptors (Lipinski definition) is 4. The van der Waals surface area contributed by atoms with Gasteiger partial charge in [-0.3, -0.25) is 4.79 Å². The van der Waals surface area contributed by atoms with Crippen LogP contribution in [0.25, 0.3) is 0 Å². The lowest BCUT2D eigenvalue weighted by atomic mass is 9.79. The minimum absolute atomic E-state index is 0.0252. The number of hydrogen-bond donors (Lipinski definition) is 2. The van der Waals surface area contributed by atoms with Crippen LogP contribution in [0.15, 0.2) is 12.1 Å². The topological polar surface area (TPSA) is 70.0 Å². The van der Waals surface area contributed by atoms with Crippen molar-refractivity contribution in [2.24, 2.45) is 11.8 Å². The van der Waals surface area contributed by atoms with Crippen molar-refractivity contribution in [2.45, 2.75) is 38.9 Å². The van der Waals surface area contributed by atoms with E-state index in [4.69, 9.17) is 4.74 Å². The molecule has 23 heavy (non-hydrogen) atoms. The minimum Gasteiger partial charge on any atom is -0.496 e. The number of aliphatic hydroxyl groups excluding tert-OH is 2. The van der Waals surface area contributed by atoms with Crippen LogP contribution in [0.3, 0.4) is 0 Å². The van der Waals surface area contributed by atoms with Crippen LogP contribution >= 0.6 is 0 Å². The number of rotatable bonds is 2. The molecular formula is C18H25NO4. The first-order chi connectivity index (χ1) is 10.9. The van der Waals surface area contributed by atoms with Crippen LogP contribution < -0.4 is 4.74 Å². The fourth-order valence-electron chi connectivity index (χ4n) is 4.15. The molecule has 1 aromatic rings. The Hall–Kier alpha value is -1.59. The third kappa shape index (κ3) is 2.95. The van der Waals surface area contributed by atoms with Gasteiger partial charge in [0.2, 0.25) is 0 Å². The van der Waals surface area contributed by atoms with Gasteiger partial charge in [0.1, 0.15) is 5.75 Å². The van der Waals surface area contributed by atoms with E-state index in [1.807, 2.05) is 30.9 Å². The summed E-state index contributed by atoms with van der Waals surface area (Å²) in [5, 5.41) is 19.7. The lowest BCUT2D eigenvalue weighted by Gasteiger charge is -2.31. The molecule has 1 aliphatic carbocycles. The van der Waals surface area contributed by atoms with Gasteiger partial charge in [0.05, 0.1) is 19.3 Å². The molecule has 1 heterocycles. The maximum Gasteiger partial charge on any atom is 0.253 e.